The molecule has 2 heterocycles. The standard InChI is InChI=1S/2C6H4F2N2O.C2H6/c2*7-3-1-4(8)5(6(9)11)10-2-3;1-2/h2*1-2H,(H2,9,11);1-2H3. The van der Waals surface area contributed by atoms with Gasteiger partial charge in [-0.3, -0.25) is 9.59 Å². The van der Waals surface area contributed by atoms with Gasteiger partial charge < -0.3 is 11.5 Å². The number of nitrogens with two attached hydrogens (primary N) is 2. The second kappa shape index (κ2) is 9.87. The van der Waals surface area contributed by atoms with Crippen LogP contribution in [0.1, 0.15) is 34.8 Å². The van der Waals surface area contributed by atoms with Crippen molar-refractivity contribution in [2.24, 2.45) is 11.5 Å². The molecule has 6 nitrogen and oxygen atoms in total. The summed E-state index contributed by atoms with van der Waals surface area (Å²) in [7, 11) is 0. The van der Waals surface area contributed by atoms with Gasteiger partial charge in [0.25, 0.3) is 11.8 Å². The lowest BCUT2D eigenvalue weighted by Gasteiger charge is -1.94. The van der Waals surface area contributed by atoms with Crippen LogP contribution in [-0.2, 0) is 0 Å². The monoisotopic (exact) mass is 346 g/mol. The second-order valence-electron chi connectivity index (χ2n) is 3.70. The van der Waals surface area contributed by atoms with Gasteiger partial charge in [0, 0.05) is 12.1 Å². The Morgan fingerprint density at radius 2 is 1.08 bits per heavy atom. The lowest BCUT2D eigenvalue weighted by molar-refractivity contribution is 0.0982. The van der Waals surface area contributed by atoms with Gasteiger partial charge in [0.15, 0.2) is 23.0 Å². The number of primary amides is 2. The number of hydrogen-bond acceptors (Lipinski definition) is 4. The summed E-state index contributed by atoms with van der Waals surface area (Å²) in [5.74, 6) is -5.79. The van der Waals surface area contributed by atoms with Crippen molar-refractivity contribution in [3.05, 3.63) is 59.2 Å². The van der Waals surface area contributed by atoms with Crippen molar-refractivity contribution in [2.75, 3.05) is 0 Å². The molecule has 0 aliphatic carbocycles. The maximum absolute atomic E-state index is 12.5. The Morgan fingerprint density at radius 1 is 0.792 bits per heavy atom. The molecule has 0 spiro atoms. The van der Waals surface area contributed by atoms with Crippen molar-refractivity contribution >= 4 is 11.8 Å². The third-order valence-corrected chi connectivity index (χ3v) is 2.08. The lowest BCUT2D eigenvalue weighted by atomic mass is 10.3. The SMILES string of the molecule is CC.NC(=O)c1ncc(F)cc1F.NC(=O)c1ncc(F)cc1F. The van der Waals surface area contributed by atoms with Crippen molar-refractivity contribution in [3.8, 4) is 0 Å². The van der Waals surface area contributed by atoms with E-state index in [1.807, 2.05) is 13.8 Å². The minimum absolute atomic E-state index is 0.549. The second-order valence-corrected chi connectivity index (χ2v) is 3.70. The van der Waals surface area contributed by atoms with Crippen LogP contribution in [0.4, 0.5) is 17.6 Å². The summed E-state index contributed by atoms with van der Waals surface area (Å²) >= 11 is 0. The minimum atomic E-state index is -1.04. The zero-order valence-electron chi connectivity index (χ0n) is 12.7. The summed E-state index contributed by atoms with van der Waals surface area (Å²) in [4.78, 5) is 27.0. The molecular weight excluding hydrogens is 332 g/mol. The first-order valence-corrected chi connectivity index (χ1v) is 6.44. The Kier molecular flexibility index (Phi) is 8.62. The third-order valence-electron chi connectivity index (χ3n) is 2.08. The predicted octanol–water partition coefficient (Wildman–Crippen LogP) is 1.94. The van der Waals surface area contributed by atoms with Gasteiger partial charge in [0.05, 0.1) is 12.4 Å². The van der Waals surface area contributed by atoms with E-state index in [9.17, 15) is 27.2 Å². The number of carbonyl (C=O) groups is 2. The highest BCUT2D eigenvalue weighted by molar-refractivity contribution is 5.91. The lowest BCUT2D eigenvalue weighted by Crippen LogP contribution is -2.15. The highest BCUT2D eigenvalue weighted by Crippen LogP contribution is 2.05. The van der Waals surface area contributed by atoms with Crippen LogP contribution in [0.15, 0.2) is 24.5 Å². The number of pyridine rings is 2. The van der Waals surface area contributed by atoms with Gasteiger partial charge >= 0.3 is 0 Å². The number of rotatable bonds is 2. The molecule has 0 radical (unpaired) electrons. The van der Waals surface area contributed by atoms with Crippen molar-refractivity contribution < 1.29 is 27.2 Å². The van der Waals surface area contributed by atoms with E-state index in [1.54, 1.807) is 0 Å². The largest absolute Gasteiger partial charge is 0.364 e. The van der Waals surface area contributed by atoms with Crippen LogP contribution < -0.4 is 11.5 Å². The molecule has 0 saturated carbocycles. The third kappa shape index (κ3) is 6.38. The molecule has 2 amide bonds. The molecule has 0 saturated heterocycles. The predicted molar refractivity (Wildman–Crippen MR) is 76.7 cm³/mol. The molecule has 2 aromatic rings. The maximum atomic E-state index is 12.5. The molecule has 0 aromatic carbocycles. The minimum Gasteiger partial charge on any atom is -0.364 e. The van der Waals surface area contributed by atoms with Crippen LogP contribution in [0.2, 0.25) is 0 Å². The van der Waals surface area contributed by atoms with Crippen LogP contribution >= 0.6 is 0 Å². The molecule has 24 heavy (non-hydrogen) atoms. The molecule has 0 aliphatic heterocycles. The molecule has 4 N–H and O–H groups in total. The van der Waals surface area contributed by atoms with E-state index in [1.165, 1.54) is 0 Å². The van der Waals surface area contributed by atoms with Gasteiger partial charge in [-0.25, -0.2) is 27.5 Å². The van der Waals surface area contributed by atoms with E-state index >= 15 is 0 Å². The molecule has 130 valence electrons. The van der Waals surface area contributed by atoms with Crippen LogP contribution in [0.3, 0.4) is 0 Å². The Bertz CT molecular complexity index is 664. The highest BCUT2D eigenvalue weighted by Gasteiger charge is 2.10. The fraction of sp³-hybridized carbons (Fsp3) is 0.143. The van der Waals surface area contributed by atoms with Gasteiger partial charge in [-0.05, 0) is 0 Å². The van der Waals surface area contributed by atoms with Crippen molar-refractivity contribution in [3.63, 3.8) is 0 Å². The van der Waals surface area contributed by atoms with Crippen molar-refractivity contribution in [2.45, 2.75) is 13.8 Å². The quantitative estimate of drug-likeness (QED) is 0.809. The van der Waals surface area contributed by atoms with E-state index in [-0.39, 0.29) is 0 Å². The molecule has 10 heteroatoms. The van der Waals surface area contributed by atoms with Gasteiger partial charge in [-0.15, -0.1) is 0 Å². The Balaban J connectivity index is 0.000000400. The molecule has 0 atom stereocenters. The Hall–Kier alpha value is -3.04. The van der Waals surface area contributed by atoms with Crippen LogP contribution in [0.5, 0.6) is 0 Å². The topological polar surface area (TPSA) is 112 Å². The average molecular weight is 346 g/mol. The van der Waals surface area contributed by atoms with E-state index in [0.717, 1.165) is 12.4 Å². The van der Waals surface area contributed by atoms with E-state index in [2.05, 4.69) is 9.97 Å². The van der Waals surface area contributed by atoms with Gasteiger partial charge in [-0.2, -0.15) is 0 Å². The number of halogens is 4. The summed E-state index contributed by atoms with van der Waals surface area (Å²) in [5, 5.41) is 0. The number of hydrogen-bond donors (Lipinski definition) is 2. The number of amides is 2. The van der Waals surface area contributed by atoms with E-state index < -0.39 is 46.5 Å². The zero-order valence-corrected chi connectivity index (χ0v) is 12.7. The van der Waals surface area contributed by atoms with Gasteiger partial charge in [0.2, 0.25) is 0 Å². The van der Waals surface area contributed by atoms with Crippen LogP contribution in [0, 0.1) is 23.3 Å². The van der Waals surface area contributed by atoms with Crippen molar-refractivity contribution in [1.82, 2.24) is 9.97 Å². The number of nitrogens with zero attached hydrogens (tertiary/aromatic N) is 2. The molecule has 0 fully saturated rings. The first kappa shape index (κ1) is 21.0. The molecule has 0 bridgehead atoms. The van der Waals surface area contributed by atoms with Gasteiger partial charge in [-0.1, -0.05) is 13.8 Å². The Morgan fingerprint density at radius 3 is 1.29 bits per heavy atom. The Labute approximate surface area is 134 Å². The molecule has 2 rings (SSSR count). The summed E-state index contributed by atoms with van der Waals surface area (Å²) in [6.07, 6.45) is 1.45. The van der Waals surface area contributed by atoms with Crippen molar-refractivity contribution in [1.29, 1.82) is 0 Å². The normalized spacial score (nSPS) is 9.08. The summed E-state index contributed by atoms with van der Waals surface area (Å²) in [5.41, 5.74) is 8.30. The van der Waals surface area contributed by atoms with Crippen LogP contribution in [-0.4, -0.2) is 21.8 Å². The molecule has 0 unspecified atom stereocenters. The first-order valence-electron chi connectivity index (χ1n) is 6.44. The molecule has 2 aromatic heterocycles. The number of aromatic nitrogens is 2. The van der Waals surface area contributed by atoms with Gasteiger partial charge in [0.1, 0.15) is 11.6 Å². The average Bonchev–Trinajstić information content (AvgIpc) is 2.49. The number of carbonyl (C=O) groups excluding carboxylic acids is 2. The highest BCUT2D eigenvalue weighted by atomic mass is 19.1. The first-order chi connectivity index (χ1) is 11.2. The fourth-order valence-corrected chi connectivity index (χ4v) is 1.19. The fourth-order valence-electron chi connectivity index (χ4n) is 1.19. The zero-order chi connectivity index (χ0) is 18.9. The molecule has 0 aliphatic rings. The maximum Gasteiger partial charge on any atom is 0.270 e. The smallest absolute Gasteiger partial charge is 0.270 e. The van der Waals surface area contributed by atoms with Crippen LogP contribution in [0.25, 0.3) is 0 Å². The van der Waals surface area contributed by atoms with E-state index in [4.69, 9.17) is 11.5 Å². The molecular formula is C14H14F4N4O2. The summed E-state index contributed by atoms with van der Waals surface area (Å²) in [6, 6.07) is 1.10. The van der Waals surface area contributed by atoms with E-state index in [0.29, 0.717) is 12.1 Å². The summed E-state index contributed by atoms with van der Waals surface area (Å²) < 4.78 is 49.3. The summed E-state index contributed by atoms with van der Waals surface area (Å²) in [6.45, 7) is 4.00.